The predicted octanol–water partition coefficient (Wildman–Crippen LogP) is 1.47. The van der Waals surface area contributed by atoms with Gasteiger partial charge in [0, 0.05) is 50.7 Å². The van der Waals surface area contributed by atoms with E-state index in [2.05, 4.69) is 19.8 Å². The Bertz CT molecular complexity index is 602. The molecule has 1 aromatic carbocycles. The Hall–Kier alpha value is -2.05. The van der Waals surface area contributed by atoms with Gasteiger partial charge < -0.3 is 10.0 Å². The second kappa shape index (κ2) is 6.81. The molecule has 1 N–H and O–H groups in total. The van der Waals surface area contributed by atoms with Crippen molar-refractivity contribution in [2.45, 2.75) is 6.10 Å². The Morgan fingerprint density at radius 2 is 1.73 bits per heavy atom. The third kappa shape index (κ3) is 3.40. The molecule has 1 aliphatic rings. The third-order valence-corrected chi connectivity index (χ3v) is 3.90. The number of aromatic nitrogens is 2. The van der Waals surface area contributed by atoms with E-state index in [-0.39, 0.29) is 5.82 Å². The first-order valence-corrected chi connectivity index (χ1v) is 7.41. The van der Waals surface area contributed by atoms with Gasteiger partial charge in [0.05, 0.1) is 6.10 Å². The van der Waals surface area contributed by atoms with Crippen molar-refractivity contribution < 1.29 is 9.50 Å². The molecular weight excluding hydrogens is 283 g/mol. The molecule has 3 rings (SSSR count). The van der Waals surface area contributed by atoms with Gasteiger partial charge in [-0.3, -0.25) is 4.90 Å². The average molecular weight is 302 g/mol. The van der Waals surface area contributed by atoms with E-state index in [1.54, 1.807) is 36.7 Å². The highest BCUT2D eigenvalue weighted by atomic mass is 19.1. The van der Waals surface area contributed by atoms with Crippen LogP contribution in [0.2, 0.25) is 0 Å². The number of piperazine rings is 1. The first-order chi connectivity index (χ1) is 10.7. The van der Waals surface area contributed by atoms with Gasteiger partial charge in [-0.05, 0) is 12.1 Å². The lowest BCUT2D eigenvalue weighted by Crippen LogP contribution is -2.48. The van der Waals surface area contributed by atoms with Crippen LogP contribution in [-0.4, -0.2) is 52.7 Å². The van der Waals surface area contributed by atoms with Crippen LogP contribution in [0.3, 0.4) is 0 Å². The zero-order chi connectivity index (χ0) is 15.4. The van der Waals surface area contributed by atoms with Gasteiger partial charge in [0.25, 0.3) is 0 Å². The minimum absolute atomic E-state index is 0.355. The van der Waals surface area contributed by atoms with E-state index in [4.69, 9.17) is 0 Å². The average Bonchev–Trinajstić information content (AvgIpc) is 2.57. The van der Waals surface area contributed by atoms with Crippen LogP contribution in [0.4, 0.5) is 10.3 Å². The van der Waals surface area contributed by atoms with Crippen LogP contribution in [0.5, 0.6) is 0 Å². The number of hydrogen-bond donors (Lipinski definition) is 1. The highest BCUT2D eigenvalue weighted by Crippen LogP contribution is 2.19. The fourth-order valence-corrected chi connectivity index (χ4v) is 2.67. The molecule has 0 radical (unpaired) electrons. The van der Waals surface area contributed by atoms with Gasteiger partial charge in [-0.1, -0.05) is 18.2 Å². The Labute approximate surface area is 129 Å². The summed E-state index contributed by atoms with van der Waals surface area (Å²) in [6, 6.07) is 8.18. The van der Waals surface area contributed by atoms with Crippen LogP contribution < -0.4 is 4.90 Å². The zero-order valence-corrected chi connectivity index (χ0v) is 12.3. The third-order valence-electron chi connectivity index (χ3n) is 3.90. The molecule has 2 heterocycles. The molecule has 1 unspecified atom stereocenters. The number of benzene rings is 1. The van der Waals surface area contributed by atoms with Crippen molar-refractivity contribution >= 4 is 5.95 Å². The number of aliphatic hydroxyl groups is 1. The van der Waals surface area contributed by atoms with Crippen LogP contribution in [0.15, 0.2) is 42.7 Å². The van der Waals surface area contributed by atoms with Gasteiger partial charge in [0.2, 0.25) is 5.95 Å². The van der Waals surface area contributed by atoms with Crippen LogP contribution in [-0.2, 0) is 0 Å². The summed E-state index contributed by atoms with van der Waals surface area (Å²) in [4.78, 5) is 12.7. The van der Waals surface area contributed by atoms with Gasteiger partial charge in [-0.2, -0.15) is 0 Å². The quantitative estimate of drug-likeness (QED) is 0.927. The second-order valence-electron chi connectivity index (χ2n) is 5.37. The number of aliphatic hydroxyl groups excluding tert-OH is 1. The first kappa shape index (κ1) is 14.9. The number of β-amino-alcohol motifs (C(OH)–C–C–N with tert-alkyl or cyclic N) is 1. The van der Waals surface area contributed by atoms with E-state index in [1.807, 2.05) is 0 Å². The van der Waals surface area contributed by atoms with Gasteiger partial charge in [-0.25, -0.2) is 14.4 Å². The van der Waals surface area contributed by atoms with Gasteiger partial charge in [0.1, 0.15) is 5.82 Å². The van der Waals surface area contributed by atoms with Crippen molar-refractivity contribution in [1.29, 1.82) is 0 Å². The van der Waals surface area contributed by atoms with E-state index in [0.717, 1.165) is 32.1 Å². The summed E-state index contributed by atoms with van der Waals surface area (Å²) in [5.74, 6) is 0.378. The number of hydrogen-bond acceptors (Lipinski definition) is 5. The molecule has 5 nitrogen and oxygen atoms in total. The molecule has 1 aromatic heterocycles. The van der Waals surface area contributed by atoms with Crippen molar-refractivity contribution in [3.05, 3.63) is 54.1 Å². The Balaban J connectivity index is 1.55. The predicted molar refractivity (Wildman–Crippen MR) is 82.0 cm³/mol. The summed E-state index contributed by atoms with van der Waals surface area (Å²) in [7, 11) is 0. The number of halogens is 1. The summed E-state index contributed by atoms with van der Waals surface area (Å²) in [5.41, 5.74) is 0.358. The van der Waals surface area contributed by atoms with Gasteiger partial charge in [-0.15, -0.1) is 0 Å². The van der Waals surface area contributed by atoms with Crippen LogP contribution in [0, 0.1) is 5.82 Å². The molecule has 1 saturated heterocycles. The molecule has 1 aliphatic heterocycles. The van der Waals surface area contributed by atoms with Gasteiger partial charge in [0.15, 0.2) is 0 Å². The molecule has 22 heavy (non-hydrogen) atoms. The lowest BCUT2D eigenvalue weighted by Gasteiger charge is -2.35. The van der Waals surface area contributed by atoms with Crippen LogP contribution in [0.25, 0.3) is 0 Å². The first-order valence-electron chi connectivity index (χ1n) is 7.41. The van der Waals surface area contributed by atoms with Crippen molar-refractivity contribution in [2.75, 3.05) is 37.6 Å². The molecule has 0 aliphatic carbocycles. The molecular formula is C16H19FN4O. The van der Waals surface area contributed by atoms with Crippen molar-refractivity contribution in [2.24, 2.45) is 0 Å². The maximum absolute atomic E-state index is 13.7. The maximum Gasteiger partial charge on any atom is 0.225 e. The highest BCUT2D eigenvalue weighted by Gasteiger charge is 2.22. The summed E-state index contributed by atoms with van der Waals surface area (Å²) in [6.07, 6.45) is 2.66. The molecule has 0 spiro atoms. The second-order valence-corrected chi connectivity index (χ2v) is 5.37. The SMILES string of the molecule is OC(CN1CCN(c2ncccn2)CC1)c1ccccc1F. The van der Waals surface area contributed by atoms with Gasteiger partial charge >= 0.3 is 0 Å². The van der Waals surface area contributed by atoms with E-state index in [1.165, 1.54) is 6.07 Å². The molecule has 1 fully saturated rings. The highest BCUT2D eigenvalue weighted by molar-refractivity contribution is 5.29. The minimum Gasteiger partial charge on any atom is -0.387 e. The molecule has 2 aromatic rings. The van der Waals surface area contributed by atoms with Crippen molar-refractivity contribution in [3.63, 3.8) is 0 Å². The Morgan fingerprint density at radius 3 is 2.41 bits per heavy atom. The topological polar surface area (TPSA) is 52.5 Å². The van der Waals surface area contributed by atoms with E-state index in [0.29, 0.717) is 12.1 Å². The molecule has 0 bridgehead atoms. The normalized spacial score (nSPS) is 17.5. The Kier molecular flexibility index (Phi) is 4.60. The smallest absolute Gasteiger partial charge is 0.225 e. The number of rotatable bonds is 4. The van der Waals surface area contributed by atoms with Crippen LogP contribution in [0.1, 0.15) is 11.7 Å². The molecule has 0 saturated carbocycles. The van der Waals surface area contributed by atoms with E-state index in [9.17, 15) is 9.50 Å². The van der Waals surface area contributed by atoms with Crippen molar-refractivity contribution in [3.8, 4) is 0 Å². The number of nitrogens with zero attached hydrogens (tertiary/aromatic N) is 4. The minimum atomic E-state index is -0.805. The fraction of sp³-hybridized carbons (Fsp3) is 0.375. The number of anilines is 1. The van der Waals surface area contributed by atoms with Crippen molar-refractivity contribution in [1.82, 2.24) is 14.9 Å². The standard InChI is InChI=1S/C16H19FN4O/c17-14-5-2-1-4-13(14)15(22)12-20-8-10-21(11-9-20)16-18-6-3-7-19-16/h1-7,15,22H,8-12H2. The summed E-state index contributed by atoms with van der Waals surface area (Å²) in [6.45, 7) is 3.62. The Morgan fingerprint density at radius 1 is 1.05 bits per heavy atom. The summed E-state index contributed by atoms with van der Waals surface area (Å²) in [5, 5.41) is 10.2. The molecule has 1 atom stereocenters. The molecule has 6 heteroatoms. The monoisotopic (exact) mass is 302 g/mol. The summed E-state index contributed by atoms with van der Waals surface area (Å²) < 4.78 is 13.7. The zero-order valence-electron chi connectivity index (χ0n) is 12.3. The molecule has 116 valence electrons. The fourth-order valence-electron chi connectivity index (χ4n) is 2.67. The van der Waals surface area contributed by atoms with E-state index < -0.39 is 6.10 Å². The lowest BCUT2D eigenvalue weighted by molar-refractivity contribution is 0.106. The largest absolute Gasteiger partial charge is 0.387 e. The van der Waals surface area contributed by atoms with Crippen LogP contribution >= 0.6 is 0 Å². The summed E-state index contributed by atoms with van der Waals surface area (Å²) >= 11 is 0. The van der Waals surface area contributed by atoms with E-state index >= 15 is 0 Å². The maximum atomic E-state index is 13.7. The lowest BCUT2D eigenvalue weighted by atomic mass is 10.1. The molecule has 0 amide bonds.